The molecule has 2 rings (SSSR count). The summed E-state index contributed by atoms with van der Waals surface area (Å²) in [6.45, 7) is 4.45. The quantitative estimate of drug-likeness (QED) is 0.803. The molecule has 2 atom stereocenters. The van der Waals surface area contributed by atoms with Gasteiger partial charge in [-0.3, -0.25) is 0 Å². The molecule has 0 fully saturated rings. The molecule has 4 heteroatoms. The van der Waals surface area contributed by atoms with Crippen molar-refractivity contribution in [2.45, 2.75) is 44.9 Å². The summed E-state index contributed by atoms with van der Waals surface area (Å²) in [4.78, 5) is 14.8. The van der Waals surface area contributed by atoms with E-state index in [1.165, 1.54) is 24.2 Å². The fourth-order valence-corrected chi connectivity index (χ4v) is 2.54. The van der Waals surface area contributed by atoms with Crippen LogP contribution in [0.3, 0.4) is 0 Å². The van der Waals surface area contributed by atoms with E-state index in [9.17, 15) is 0 Å². The van der Waals surface area contributed by atoms with Gasteiger partial charge in [0.2, 0.25) is 0 Å². The second-order valence-corrected chi connectivity index (χ2v) is 4.42. The predicted octanol–water partition coefficient (Wildman–Crippen LogP) is 3.21. The zero-order valence-electron chi connectivity index (χ0n) is 10.5. The minimum absolute atomic E-state index is 0.484. The number of hydrogen-bond acceptors (Lipinski definition) is 2. The van der Waals surface area contributed by atoms with Gasteiger partial charge >= 0.3 is 0 Å². The normalized spacial score (nSPS) is 14.7. The summed E-state index contributed by atoms with van der Waals surface area (Å²) in [5.74, 6) is 0.978. The maximum Gasteiger partial charge on any atom is 0.0921 e. The van der Waals surface area contributed by atoms with E-state index < -0.39 is 0 Å². The largest absolute Gasteiger partial charge is 0.348 e. The molecule has 0 aliphatic heterocycles. The highest BCUT2D eigenvalue weighted by Gasteiger charge is 2.24. The molecule has 0 spiro atoms. The molecule has 2 N–H and O–H groups in total. The predicted molar refractivity (Wildman–Crippen MR) is 67.9 cm³/mol. The molecule has 0 radical (unpaired) electrons. The number of nitrogens with one attached hydrogen (secondary N) is 2. The Balaban J connectivity index is 2.25. The third-order valence-corrected chi connectivity index (χ3v) is 3.36. The van der Waals surface area contributed by atoms with Crippen molar-refractivity contribution in [3.8, 4) is 0 Å². The van der Waals surface area contributed by atoms with Gasteiger partial charge in [-0.2, -0.15) is 0 Å². The molecule has 2 heterocycles. The van der Waals surface area contributed by atoms with Crippen molar-refractivity contribution >= 4 is 0 Å². The molecule has 0 aliphatic carbocycles. The highest BCUT2D eigenvalue weighted by molar-refractivity contribution is 5.15. The van der Waals surface area contributed by atoms with E-state index in [1.54, 1.807) is 12.7 Å². The van der Waals surface area contributed by atoms with Crippen LogP contribution in [0.1, 0.15) is 56.3 Å². The van der Waals surface area contributed by atoms with Crippen LogP contribution in [0.5, 0.6) is 0 Å². The molecular formula is C13H20N4. The lowest BCUT2D eigenvalue weighted by molar-refractivity contribution is 0.472. The highest BCUT2D eigenvalue weighted by Crippen LogP contribution is 2.36. The number of aromatic nitrogens is 4. The van der Waals surface area contributed by atoms with Crippen molar-refractivity contribution in [2.75, 3.05) is 0 Å². The van der Waals surface area contributed by atoms with Crippen LogP contribution in [0.2, 0.25) is 0 Å². The van der Waals surface area contributed by atoms with Crippen molar-refractivity contribution in [3.05, 3.63) is 36.4 Å². The Labute approximate surface area is 102 Å². The van der Waals surface area contributed by atoms with E-state index in [4.69, 9.17) is 0 Å². The van der Waals surface area contributed by atoms with Crippen LogP contribution in [0.25, 0.3) is 0 Å². The molecule has 2 aromatic heterocycles. The van der Waals surface area contributed by atoms with Gasteiger partial charge in [0.1, 0.15) is 0 Å². The molecule has 0 saturated carbocycles. The highest BCUT2D eigenvalue weighted by atomic mass is 14.9. The Hall–Kier alpha value is -1.58. The van der Waals surface area contributed by atoms with Crippen LogP contribution < -0.4 is 0 Å². The summed E-state index contributed by atoms with van der Waals surface area (Å²) >= 11 is 0. The van der Waals surface area contributed by atoms with Gasteiger partial charge in [-0.15, -0.1) is 0 Å². The maximum atomic E-state index is 4.14. The van der Waals surface area contributed by atoms with Gasteiger partial charge in [0.05, 0.1) is 12.7 Å². The zero-order valence-corrected chi connectivity index (χ0v) is 10.5. The summed E-state index contributed by atoms with van der Waals surface area (Å²) in [5.41, 5.74) is 2.45. The van der Waals surface area contributed by atoms with Gasteiger partial charge in [-0.25, -0.2) is 9.97 Å². The lowest BCUT2D eigenvalue weighted by atomic mass is 9.82. The van der Waals surface area contributed by atoms with Crippen LogP contribution in [0.15, 0.2) is 25.0 Å². The second-order valence-electron chi connectivity index (χ2n) is 4.42. The number of rotatable bonds is 6. The first kappa shape index (κ1) is 11.9. The molecule has 0 saturated heterocycles. The van der Waals surface area contributed by atoms with Crippen molar-refractivity contribution in [3.63, 3.8) is 0 Å². The first-order valence-corrected chi connectivity index (χ1v) is 6.33. The summed E-state index contributed by atoms with van der Waals surface area (Å²) in [6, 6.07) is 0. The monoisotopic (exact) mass is 232 g/mol. The van der Waals surface area contributed by atoms with E-state index in [-0.39, 0.29) is 0 Å². The number of H-pyrrole nitrogens is 2. The first-order valence-electron chi connectivity index (χ1n) is 6.33. The Morgan fingerprint density at radius 2 is 1.59 bits per heavy atom. The average Bonchev–Trinajstić information content (AvgIpc) is 3.02. The fraction of sp³-hybridized carbons (Fsp3) is 0.538. The van der Waals surface area contributed by atoms with E-state index in [2.05, 4.69) is 33.8 Å². The van der Waals surface area contributed by atoms with Gasteiger partial charge < -0.3 is 9.97 Å². The fourth-order valence-electron chi connectivity index (χ4n) is 2.54. The van der Waals surface area contributed by atoms with Gasteiger partial charge in [0.25, 0.3) is 0 Å². The number of aromatic amines is 2. The van der Waals surface area contributed by atoms with Gasteiger partial charge in [-0.05, 0) is 12.8 Å². The summed E-state index contributed by atoms with van der Waals surface area (Å²) < 4.78 is 0. The summed E-state index contributed by atoms with van der Waals surface area (Å²) in [6.07, 6.45) is 10.8. The summed E-state index contributed by atoms with van der Waals surface area (Å²) in [7, 11) is 0. The topological polar surface area (TPSA) is 57.4 Å². The maximum absolute atomic E-state index is 4.14. The molecule has 2 aromatic rings. The van der Waals surface area contributed by atoms with E-state index in [0.717, 1.165) is 6.42 Å². The first-order chi connectivity index (χ1) is 8.36. The van der Waals surface area contributed by atoms with Gasteiger partial charge in [-0.1, -0.05) is 20.3 Å². The van der Waals surface area contributed by atoms with Gasteiger partial charge in [0, 0.05) is 35.6 Å². The molecule has 0 amide bonds. The Kier molecular flexibility index (Phi) is 3.96. The van der Waals surface area contributed by atoms with Crippen LogP contribution >= 0.6 is 0 Å². The third-order valence-electron chi connectivity index (χ3n) is 3.36. The third kappa shape index (κ3) is 2.57. The minimum Gasteiger partial charge on any atom is -0.348 e. The molecule has 17 heavy (non-hydrogen) atoms. The number of imidazole rings is 2. The standard InChI is InChI=1S/C13H20N4/c1-3-5-11(13-7-15-9-17-13)10(4-2)12-6-14-8-16-12/h6-11H,3-5H2,1-2H3,(H,14,16)(H,15,17). The smallest absolute Gasteiger partial charge is 0.0921 e. The van der Waals surface area contributed by atoms with E-state index in [1.807, 2.05) is 12.4 Å². The lowest BCUT2D eigenvalue weighted by Crippen LogP contribution is -2.11. The van der Waals surface area contributed by atoms with Crippen molar-refractivity contribution in [1.82, 2.24) is 19.9 Å². The van der Waals surface area contributed by atoms with Crippen LogP contribution in [-0.2, 0) is 0 Å². The summed E-state index contributed by atoms with van der Waals surface area (Å²) in [5, 5.41) is 0. The van der Waals surface area contributed by atoms with Crippen LogP contribution in [0.4, 0.5) is 0 Å². The van der Waals surface area contributed by atoms with E-state index >= 15 is 0 Å². The lowest BCUT2D eigenvalue weighted by Gasteiger charge is -2.23. The SMILES string of the molecule is CCCC(c1cnc[nH]1)C(CC)c1cnc[nH]1. The van der Waals surface area contributed by atoms with E-state index in [0.29, 0.717) is 11.8 Å². The second kappa shape index (κ2) is 5.66. The molecule has 0 aromatic carbocycles. The molecule has 0 bridgehead atoms. The number of hydrogen-bond donors (Lipinski definition) is 2. The minimum atomic E-state index is 0.484. The van der Waals surface area contributed by atoms with Crippen molar-refractivity contribution in [2.24, 2.45) is 0 Å². The van der Waals surface area contributed by atoms with Crippen molar-refractivity contribution < 1.29 is 0 Å². The van der Waals surface area contributed by atoms with Crippen LogP contribution in [0, 0.1) is 0 Å². The molecule has 0 aliphatic rings. The van der Waals surface area contributed by atoms with Crippen LogP contribution in [-0.4, -0.2) is 19.9 Å². The Morgan fingerprint density at radius 3 is 2.00 bits per heavy atom. The molecular weight excluding hydrogens is 212 g/mol. The molecule has 4 nitrogen and oxygen atoms in total. The zero-order chi connectivity index (χ0) is 12.1. The Bertz CT molecular complexity index is 405. The Morgan fingerprint density at radius 1 is 1.00 bits per heavy atom. The van der Waals surface area contributed by atoms with Gasteiger partial charge in [0.15, 0.2) is 0 Å². The van der Waals surface area contributed by atoms with Crippen molar-refractivity contribution in [1.29, 1.82) is 0 Å². The number of nitrogens with zero attached hydrogens (tertiary/aromatic N) is 2. The molecule has 92 valence electrons. The average molecular weight is 232 g/mol. The molecule has 2 unspecified atom stereocenters.